The number of phenols is 2. The van der Waals surface area contributed by atoms with Crippen molar-refractivity contribution < 1.29 is 40.1 Å². The van der Waals surface area contributed by atoms with E-state index in [-0.39, 0.29) is 11.5 Å². The number of hydrogen-bond acceptors (Lipinski definition) is 8. The molecule has 2 rings (SSSR count). The third-order valence-electron chi connectivity index (χ3n) is 3.41. The van der Waals surface area contributed by atoms with E-state index in [1.807, 2.05) is 0 Å². The fourth-order valence-corrected chi connectivity index (χ4v) is 2.05. The van der Waals surface area contributed by atoms with E-state index in [1.165, 1.54) is 12.1 Å². The number of hydrogen-bond donors (Lipinski definition) is 6. The van der Waals surface area contributed by atoms with Gasteiger partial charge in [0.15, 0.2) is 11.5 Å². The summed E-state index contributed by atoms with van der Waals surface area (Å²) in [6.45, 7) is 0.989. The van der Waals surface area contributed by atoms with E-state index in [1.54, 1.807) is 6.92 Å². The van der Waals surface area contributed by atoms with E-state index in [2.05, 4.69) is 0 Å². The number of ether oxygens (including phenoxy) is 2. The van der Waals surface area contributed by atoms with Crippen LogP contribution >= 0.6 is 0 Å². The normalized spacial score (nSPS) is 32.9. The summed E-state index contributed by atoms with van der Waals surface area (Å²) in [5.74, 6) is -1.08. The van der Waals surface area contributed by atoms with Crippen LogP contribution < -0.4 is 4.74 Å². The van der Waals surface area contributed by atoms with E-state index >= 15 is 0 Å². The maximum absolute atomic E-state index is 9.81. The summed E-state index contributed by atoms with van der Waals surface area (Å²) in [5, 5.41) is 57.5. The number of aliphatic hydroxyl groups excluding tert-OH is 4. The Morgan fingerprint density at radius 1 is 1.05 bits per heavy atom. The molecule has 0 radical (unpaired) electrons. The minimum absolute atomic E-state index is 0.164. The van der Waals surface area contributed by atoms with E-state index < -0.39 is 43.1 Å². The Morgan fingerprint density at radius 2 is 1.71 bits per heavy atom. The monoisotopic (exact) mass is 302 g/mol. The predicted molar refractivity (Wildman–Crippen MR) is 68.9 cm³/mol. The number of benzene rings is 1. The van der Waals surface area contributed by atoms with Gasteiger partial charge in [-0.1, -0.05) is 6.07 Å². The lowest BCUT2D eigenvalue weighted by Gasteiger charge is -2.39. The van der Waals surface area contributed by atoms with Crippen LogP contribution in [0.2, 0.25) is 0 Å². The molecule has 0 saturated carbocycles. The number of aryl methyl sites for hydroxylation is 1. The molecule has 1 aromatic rings. The SMILES string of the molecule is Cc1ccc(OC2OC(CO)C(O)C(O)C2O)c(O)c1O. The second-order valence-electron chi connectivity index (χ2n) is 4.89. The van der Waals surface area contributed by atoms with Crippen LogP contribution in [-0.2, 0) is 4.74 Å². The number of aromatic hydroxyl groups is 2. The molecule has 6 N–H and O–H groups in total. The van der Waals surface area contributed by atoms with Crippen LogP contribution in [0.15, 0.2) is 12.1 Å². The van der Waals surface area contributed by atoms with Crippen LogP contribution in [0.5, 0.6) is 17.2 Å². The van der Waals surface area contributed by atoms with E-state index in [0.717, 1.165) is 0 Å². The Labute approximate surface area is 120 Å². The third kappa shape index (κ3) is 2.89. The number of phenolic OH excluding ortho intramolecular Hbond substituents is 2. The van der Waals surface area contributed by atoms with Crippen LogP contribution in [0.1, 0.15) is 5.56 Å². The smallest absolute Gasteiger partial charge is 0.229 e. The highest BCUT2D eigenvalue weighted by molar-refractivity contribution is 5.53. The molecule has 5 atom stereocenters. The van der Waals surface area contributed by atoms with Gasteiger partial charge < -0.3 is 40.1 Å². The molecule has 21 heavy (non-hydrogen) atoms. The molecule has 1 aromatic carbocycles. The van der Waals surface area contributed by atoms with E-state index in [0.29, 0.717) is 5.56 Å². The van der Waals surface area contributed by atoms with Crippen LogP contribution in [0.3, 0.4) is 0 Å². The van der Waals surface area contributed by atoms with Gasteiger partial charge in [0.2, 0.25) is 12.0 Å². The molecule has 5 unspecified atom stereocenters. The van der Waals surface area contributed by atoms with Crippen molar-refractivity contribution in [2.45, 2.75) is 37.6 Å². The summed E-state index contributed by atoms with van der Waals surface area (Å²) < 4.78 is 10.4. The Kier molecular flexibility index (Phi) is 4.55. The van der Waals surface area contributed by atoms with Crippen LogP contribution in [-0.4, -0.2) is 68.0 Å². The molecule has 8 nitrogen and oxygen atoms in total. The lowest BCUT2D eigenvalue weighted by Crippen LogP contribution is -2.60. The van der Waals surface area contributed by atoms with E-state index in [9.17, 15) is 25.5 Å². The summed E-state index contributed by atoms with van der Waals surface area (Å²) >= 11 is 0. The van der Waals surface area contributed by atoms with Crippen molar-refractivity contribution in [1.29, 1.82) is 0 Å². The van der Waals surface area contributed by atoms with Crippen molar-refractivity contribution in [2.75, 3.05) is 6.61 Å². The summed E-state index contributed by atoms with van der Waals surface area (Å²) in [7, 11) is 0. The third-order valence-corrected chi connectivity index (χ3v) is 3.41. The highest BCUT2D eigenvalue weighted by atomic mass is 16.7. The molecule has 0 bridgehead atoms. The van der Waals surface area contributed by atoms with Gasteiger partial charge in [-0.3, -0.25) is 0 Å². The Balaban J connectivity index is 2.20. The fraction of sp³-hybridized carbons (Fsp3) is 0.538. The molecule has 8 heteroatoms. The van der Waals surface area contributed by atoms with Crippen LogP contribution in [0.4, 0.5) is 0 Å². The molecule has 1 fully saturated rings. The molecule has 1 saturated heterocycles. The Morgan fingerprint density at radius 3 is 2.33 bits per heavy atom. The van der Waals surface area contributed by atoms with Gasteiger partial charge in [-0.05, 0) is 18.6 Å². The second-order valence-corrected chi connectivity index (χ2v) is 4.89. The summed E-state index contributed by atoms with van der Waals surface area (Å²) in [5.41, 5.74) is 0.425. The van der Waals surface area contributed by atoms with E-state index in [4.69, 9.17) is 14.6 Å². The second kappa shape index (κ2) is 6.04. The molecule has 0 spiro atoms. The fourth-order valence-electron chi connectivity index (χ4n) is 2.05. The molecule has 1 heterocycles. The highest BCUT2D eigenvalue weighted by Gasteiger charge is 2.45. The molecular weight excluding hydrogens is 284 g/mol. The van der Waals surface area contributed by atoms with Crippen molar-refractivity contribution in [3.63, 3.8) is 0 Å². The van der Waals surface area contributed by atoms with Gasteiger partial charge in [0.05, 0.1) is 6.61 Å². The summed E-state index contributed by atoms with van der Waals surface area (Å²) in [6.07, 6.45) is -7.21. The lowest BCUT2D eigenvalue weighted by atomic mass is 9.99. The first-order valence-electron chi connectivity index (χ1n) is 6.35. The van der Waals surface area contributed by atoms with Gasteiger partial charge in [0, 0.05) is 0 Å². The van der Waals surface area contributed by atoms with Crippen molar-refractivity contribution >= 4 is 0 Å². The highest BCUT2D eigenvalue weighted by Crippen LogP contribution is 2.39. The minimum Gasteiger partial charge on any atom is -0.504 e. The quantitative estimate of drug-likeness (QED) is 0.374. The minimum atomic E-state index is -1.59. The van der Waals surface area contributed by atoms with Gasteiger partial charge in [-0.15, -0.1) is 0 Å². The Bertz CT molecular complexity index is 503. The van der Waals surface area contributed by atoms with Gasteiger partial charge in [0.25, 0.3) is 0 Å². The molecule has 1 aliphatic rings. The van der Waals surface area contributed by atoms with Gasteiger partial charge >= 0.3 is 0 Å². The molecule has 1 aliphatic heterocycles. The first-order valence-corrected chi connectivity index (χ1v) is 6.35. The van der Waals surface area contributed by atoms with Crippen LogP contribution in [0, 0.1) is 6.92 Å². The zero-order valence-electron chi connectivity index (χ0n) is 11.2. The molecular formula is C13H18O8. The topological polar surface area (TPSA) is 140 Å². The Hall–Kier alpha value is -1.58. The van der Waals surface area contributed by atoms with Crippen molar-refractivity contribution in [3.05, 3.63) is 17.7 Å². The maximum atomic E-state index is 9.81. The lowest BCUT2D eigenvalue weighted by molar-refractivity contribution is -0.277. The van der Waals surface area contributed by atoms with Gasteiger partial charge in [-0.25, -0.2) is 0 Å². The predicted octanol–water partition coefficient (Wildman–Crippen LogP) is -1.42. The van der Waals surface area contributed by atoms with Gasteiger partial charge in [0.1, 0.15) is 24.4 Å². The zero-order valence-corrected chi connectivity index (χ0v) is 11.2. The van der Waals surface area contributed by atoms with Crippen molar-refractivity contribution in [2.24, 2.45) is 0 Å². The largest absolute Gasteiger partial charge is 0.504 e. The van der Waals surface area contributed by atoms with Gasteiger partial charge in [-0.2, -0.15) is 0 Å². The summed E-state index contributed by atoms with van der Waals surface area (Å²) in [6, 6.07) is 2.83. The molecule has 0 aromatic heterocycles. The standard InChI is InChI=1S/C13H18O8/c1-5-2-3-6(9(16)8(5)15)20-13-12(19)11(18)10(17)7(4-14)21-13/h2-3,7,10-19H,4H2,1H3. The molecule has 0 aliphatic carbocycles. The number of rotatable bonds is 3. The van der Waals surface area contributed by atoms with Crippen LogP contribution in [0.25, 0.3) is 0 Å². The zero-order chi connectivity index (χ0) is 15.7. The average Bonchev–Trinajstić information content (AvgIpc) is 2.48. The molecule has 118 valence electrons. The summed E-state index contributed by atoms with van der Waals surface area (Å²) in [4.78, 5) is 0. The first kappa shape index (κ1) is 15.8. The van der Waals surface area contributed by atoms with Crippen molar-refractivity contribution in [1.82, 2.24) is 0 Å². The molecule has 0 amide bonds. The number of aliphatic hydroxyl groups is 4. The maximum Gasteiger partial charge on any atom is 0.229 e. The first-order chi connectivity index (χ1) is 9.86. The average molecular weight is 302 g/mol. The van der Waals surface area contributed by atoms with Crippen molar-refractivity contribution in [3.8, 4) is 17.2 Å².